The zero-order chi connectivity index (χ0) is 35.4. The van der Waals surface area contributed by atoms with Crippen molar-refractivity contribution in [1.29, 1.82) is 0 Å². The number of nitrogens with zero attached hydrogens (tertiary/aromatic N) is 2. The standard InChI is InChI=1S/C39H51N2O2.BF4/c1-9-28(7)36-24-30(34-22-20-32(26-38(34)42-36)40(11-3)12-4)18-16-15-17-19-31-25-37(29(8)10-2)43-39-27-33(21-23-35(31)39)41(13-5)14-6;2-1(3,4)5/h15-29H,9-14H2,1-8H3;/q+1;-1. The fourth-order valence-corrected chi connectivity index (χ4v) is 5.56. The first kappa shape index (κ1) is 38.4. The highest BCUT2D eigenvalue weighted by Gasteiger charge is 2.23. The Labute approximate surface area is 284 Å². The van der Waals surface area contributed by atoms with Gasteiger partial charge >= 0.3 is 18.6 Å². The van der Waals surface area contributed by atoms with Crippen molar-refractivity contribution in [2.45, 2.75) is 74.1 Å². The molecular weight excluding hydrogens is 615 g/mol. The van der Waals surface area contributed by atoms with Crippen LogP contribution in [0.1, 0.15) is 91.0 Å². The van der Waals surface area contributed by atoms with Crippen LogP contribution < -0.4 is 14.5 Å². The maximum Gasteiger partial charge on any atom is 0.673 e. The van der Waals surface area contributed by atoms with Gasteiger partial charge in [0.25, 0.3) is 0 Å². The number of halogens is 4. The molecule has 2 unspecified atom stereocenters. The topological polar surface area (TPSA) is 27.0 Å². The van der Waals surface area contributed by atoms with Gasteiger partial charge in [-0.05, 0) is 83.4 Å². The molecule has 2 atom stereocenters. The Morgan fingerprint density at radius 3 is 1.92 bits per heavy atom. The van der Waals surface area contributed by atoms with Crippen LogP contribution in [0.4, 0.5) is 28.6 Å². The number of ether oxygens (including phenoxy) is 1. The van der Waals surface area contributed by atoms with Crippen LogP contribution in [-0.2, 0) is 0 Å². The number of anilines is 2. The Balaban J connectivity index is 0.00000116. The zero-order valence-electron chi connectivity index (χ0n) is 29.7. The molecule has 48 heavy (non-hydrogen) atoms. The molecule has 0 N–H and O–H groups in total. The first-order valence-corrected chi connectivity index (χ1v) is 17.2. The number of fused-ring (bicyclic) bond motifs is 2. The third-order valence-corrected chi connectivity index (χ3v) is 8.83. The van der Waals surface area contributed by atoms with Crippen molar-refractivity contribution in [3.05, 3.63) is 95.5 Å². The van der Waals surface area contributed by atoms with Gasteiger partial charge in [0.15, 0.2) is 0 Å². The predicted molar refractivity (Wildman–Crippen MR) is 197 cm³/mol. The van der Waals surface area contributed by atoms with Crippen molar-refractivity contribution in [3.63, 3.8) is 0 Å². The van der Waals surface area contributed by atoms with Crippen LogP contribution in [0.2, 0.25) is 0 Å². The number of hydrogen-bond donors (Lipinski definition) is 0. The summed E-state index contributed by atoms with van der Waals surface area (Å²) >= 11 is 0. The quantitative estimate of drug-likeness (QED) is 0.0785. The van der Waals surface area contributed by atoms with E-state index in [-0.39, 0.29) is 0 Å². The second-order valence-electron chi connectivity index (χ2n) is 11.9. The molecule has 1 aliphatic heterocycles. The molecule has 0 saturated heterocycles. The van der Waals surface area contributed by atoms with E-state index in [2.05, 4.69) is 144 Å². The Hall–Kier alpha value is -4.01. The fourth-order valence-electron chi connectivity index (χ4n) is 5.56. The lowest BCUT2D eigenvalue weighted by atomic mass is 9.96. The van der Waals surface area contributed by atoms with Gasteiger partial charge in [0.2, 0.25) is 0 Å². The van der Waals surface area contributed by atoms with Crippen molar-refractivity contribution in [2.75, 3.05) is 36.0 Å². The molecule has 1 aromatic heterocycles. The lowest BCUT2D eigenvalue weighted by Crippen LogP contribution is -2.22. The Bertz CT molecular complexity index is 1620. The molecule has 1 aliphatic rings. The van der Waals surface area contributed by atoms with Crippen LogP contribution in [-0.4, -0.2) is 33.4 Å². The van der Waals surface area contributed by atoms with Gasteiger partial charge in [0.1, 0.15) is 11.5 Å². The third-order valence-electron chi connectivity index (χ3n) is 8.83. The molecule has 0 radical (unpaired) electrons. The number of allylic oxidation sites excluding steroid dienone is 7. The fraction of sp³-hybridized carbons (Fsp3) is 0.410. The third kappa shape index (κ3) is 10.5. The summed E-state index contributed by atoms with van der Waals surface area (Å²) in [5.41, 5.74) is 6.84. The Morgan fingerprint density at radius 2 is 1.33 bits per heavy atom. The number of benzene rings is 2. The van der Waals surface area contributed by atoms with Gasteiger partial charge in [0, 0.05) is 66.7 Å². The van der Waals surface area contributed by atoms with E-state index in [0.717, 1.165) is 72.8 Å². The van der Waals surface area contributed by atoms with Crippen molar-refractivity contribution >= 4 is 41.2 Å². The maximum atomic E-state index is 9.75. The minimum absolute atomic E-state index is 0.358. The molecule has 0 fully saturated rings. The summed E-state index contributed by atoms with van der Waals surface area (Å²) in [6.07, 6.45) is 15.1. The SMILES string of the molecule is CCC(C)C1=C\C(=C/C=C/C=C/c2cc(C(C)CC)[o+]c3cc(N(CC)CC)ccc23)c2ccc(N(CC)CC)cc2O1.F[B-](F)(F)F. The summed E-state index contributed by atoms with van der Waals surface area (Å²) in [6.45, 7) is 21.6. The molecule has 0 saturated carbocycles. The van der Waals surface area contributed by atoms with E-state index < -0.39 is 7.25 Å². The van der Waals surface area contributed by atoms with E-state index in [0.29, 0.717) is 11.8 Å². The van der Waals surface area contributed by atoms with E-state index >= 15 is 0 Å². The van der Waals surface area contributed by atoms with Crippen LogP contribution in [0.25, 0.3) is 22.6 Å². The highest BCUT2D eigenvalue weighted by molar-refractivity contribution is 6.50. The van der Waals surface area contributed by atoms with Gasteiger partial charge in [-0.15, -0.1) is 0 Å². The molecule has 9 heteroatoms. The van der Waals surface area contributed by atoms with Crippen molar-refractivity contribution in [3.8, 4) is 5.75 Å². The van der Waals surface area contributed by atoms with Crippen molar-refractivity contribution in [2.24, 2.45) is 5.92 Å². The van der Waals surface area contributed by atoms with Gasteiger partial charge in [-0.1, -0.05) is 51.2 Å². The van der Waals surface area contributed by atoms with Crippen LogP contribution in [0.5, 0.6) is 5.75 Å². The number of rotatable bonds is 13. The molecule has 3 aromatic rings. The molecule has 0 aliphatic carbocycles. The Morgan fingerprint density at radius 1 is 0.750 bits per heavy atom. The molecule has 4 nitrogen and oxygen atoms in total. The molecule has 2 heterocycles. The average Bonchev–Trinajstić information content (AvgIpc) is 3.07. The average molecular weight is 667 g/mol. The molecular formula is C39H51BF4N2O2. The lowest BCUT2D eigenvalue weighted by Gasteiger charge is -2.27. The summed E-state index contributed by atoms with van der Waals surface area (Å²) in [6, 6.07) is 15.4. The van der Waals surface area contributed by atoms with E-state index in [9.17, 15) is 17.3 Å². The smallest absolute Gasteiger partial charge is 0.461 e. The summed E-state index contributed by atoms with van der Waals surface area (Å²) in [7, 11) is -6.00. The minimum Gasteiger partial charge on any atom is -0.461 e. The first-order chi connectivity index (χ1) is 22.9. The highest BCUT2D eigenvalue weighted by Crippen LogP contribution is 2.39. The monoisotopic (exact) mass is 666 g/mol. The van der Waals surface area contributed by atoms with Gasteiger partial charge in [-0.2, -0.15) is 0 Å². The second-order valence-corrected chi connectivity index (χ2v) is 11.9. The van der Waals surface area contributed by atoms with Crippen LogP contribution in [0.15, 0.2) is 83.0 Å². The molecule has 2 aromatic carbocycles. The molecule has 260 valence electrons. The van der Waals surface area contributed by atoms with Gasteiger partial charge in [-0.3, -0.25) is 0 Å². The van der Waals surface area contributed by atoms with Gasteiger partial charge in [-0.25, -0.2) is 4.42 Å². The largest absolute Gasteiger partial charge is 0.673 e. The van der Waals surface area contributed by atoms with Crippen molar-refractivity contribution in [1.82, 2.24) is 0 Å². The maximum absolute atomic E-state index is 9.75. The molecule has 0 bridgehead atoms. The molecule has 0 amide bonds. The van der Waals surface area contributed by atoms with E-state index in [1.165, 1.54) is 22.5 Å². The van der Waals surface area contributed by atoms with Crippen LogP contribution >= 0.6 is 0 Å². The minimum atomic E-state index is -6.00. The first-order valence-electron chi connectivity index (χ1n) is 17.2. The predicted octanol–water partition coefficient (Wildman–Crippen LogP) is 12.2. The van der Waals surface area contributed by atoms with Gasteiger partial charge < -0.3 is 31.8 Å². The normalized spacial score (nSPS) is 15.2. The van der Waals surface area contributed by atoms with E-state index in [1.807, 2.05) is 0 Å². The highest BCUT2D eigenvalue weighted by atomic mass is 19.5. The zero-order valence-corrected chi connectivity index (χ0v) is 29.7. The number of hydrogen-bond acceptors (Lipinski definition) is 3. The second kappa shape index (κ2) is 17.9. The van der Waals surface area contributed by atoms with E-state index in [1.54, 1.807) is 0 Å². The Kier molecular flexibility index (Phi) is 14.4. The van der Waals surface area contributed by atoms with Crippen LogP contribution in [0.3, 0.4) is 0 Å². The summed E-state index contributed by atoms with van der Waals surface area (Å²) in [5, 5.41) is 1.13. The van der Waals surface area contributed by atoms with Gasteiger partial charge in [0.05, 0.1) is 17.4 Å². The van der Waals surface area contributed by atoms with Crippen molar-refractivity contribution < 1.29 is 26.4 Å². The summed E-state index contributed by atoms with van der Waals surface area (Å²) in [4.78, 5) is 4.72. The van der Waals surface area contributed by atoms with Crippen LogP contribution in [0, 0.1) is 5.92 Å². The lowest BCUT2D eigenvalue weighted by molar-refractivity contribution is 0.349. The molecule has 4 rings (SSSR count). The molecule has 0 spiro atoms. The van der Waals surface area contributed by atoms with E-state index in [4.69, 9.17) is 9.15 Å². The summed E-state index contributed by atoms with van der Waals surface area (Å²) in [5.74, 6) is 3.72. The summed E-state index contributed by atoms with van der Waals surface area (Å²) < 4.78 is 51.9.